The molecular formula is C16H24N2O2. The van der Waals surface area contributed by atoms with Gasteiger partial charge in [0.2, 0.25) is 0 Å². The minimum atomic E-state index is -0.739. The minimum Gasteiger partial charge on any atom is -0.388 e. The van der Waals surface area contributed by atoms with Gasteiger partial charge < -0.3 is 15.7 Å². The number of benzene rings is 1. The summed E-state index contributed by atoms with van der Waals surface area (Å²) < 4.78 is 0. The second-order valence-electron chi connectivity index (χ2n) is 6.08. The fraction of sp³-hybridized carbons (Fsp3) is 0.562. The van der Waals surface area contributed by atoms with E-state index in [1.54, 1.807) is 0 Å². The Morgan fingerprint density at radius 3 is 2.50 bits per heavy atom. The van der Waals surface area contributed by atoms with Crippen molar-refractivity contribution in [2.45, 2.75) is 45.1 Å². The van der Waals surface area contributed by atoms with Crippen molar-refractivity contribution in [2.75, 3.05) is 11.9 Å². The lowest BCUT2D eigenvalue weighted by Crippen LogP contribution is -2.46. The number of aliphatic hydroxyl groups is 1. The van der Waals surface area contributed by atoms with Gasteiger partial charge in [-0.3, -0.25) is 0 Å². The molecule has 1 aliphatic rings. The van der Waals surface area contributed by atoms with Crippen LogP contribution in [0.4, 0.5) is 10.5 Å². The van der Waals surface area contributed by atoms with E-state index in [0.717, 1.165) is 36.9 Å². The van der Waals surface area contributed by atoms with E-state index < -0.39 is 5.60 Å². The van der Waals surface area contributed by atoms with E-state index in [1.807, 2.05) is 31.2 Å². The molecule has 1 saturated carbocycles. The van der Waals surface area contributed by atoms with E-state index in [9.17, 15) is 9.90 Å². The maximum atomic E-state index is 11.8. The summed E-state index contributed by atoms with van der Waals surface area (Å²) in [5.74, 6) is 0.677. The molecule has 0 aliphatic heterocycles. The standard InChI is InChI=1S/C16H24N2O2/c1-12-3-5-14(6-4-12)18-15(19)17-11-16(20)9-7-13(2)8-10-16/h3-6,13,20H,7-11H2,1-2H3,(H2,17,18,19). The normalized spacial score (nSPS) is 26.1. The van der Waals surface area contributed by atoms with E-state index in [0.29, 0.717) is 12.5 Å². The molecule has 1 aromatic rings. The van der Waals surface area contributed by atoms with Gasteiger partial charge in [-0.15, -0.1) is 0 Å². The highest BCUT2D eigenvalue weighted by Gasteiger charge is 2.31. The predicted octanol–water partition coefficient (Wildman–Crippen LogP) is 3.06. The number of rotatable bonds is 3. The molecule has 0 bridgehead atoms. The monoisotopic (exact) mass is 276 g/mol. The van der Waals surface area contributed by atoms with Crippen LogP contribution in [0.15, 0.2) is 24.3 Å². The van der Waals surface area contributed by atoms with E-state index >= 15 is 0 Å². The largest absolute Gasteiger partial charge is 0.388 e. The molecule has 0 unspecified atom stereocenters. The molecule has 1 aromatic carbocycles. The van der Waals surface area contributed by atoms with Gasteiger partial charge in [0.15, 0.2) is 0 Å². The molecule has 2 amide bonds. The van der Waals surface area contributed by atoms with Crippen LogP contribution in [0.1, 0.15) is 38.2 Å². The smallest absolute Gasteiger partial charge is 0.319 e. The summed E-state index contributed by atoms with van der Waals surface area (Å²) in [4.78, 5) is 11.8. The number of amides is 2. The van der Waals surface area contributed by atoms with Gasteiger partial charge in [0, 0.05) is 12.2 Å². The van der Waals surface area contributed by atoms with Crippen LogP contribution >= 0.6 is 0 Å². The molecule has 1 aliphatic carbocycles. The van der Waals surface area contributed by atoms with Crippen molar-refractivity contribution >= 4 is 11.7 Å². The van der Waals surface area contributed by atoms with Crippen molar-refractivity contribution in [3.8, 4) is 0 Å². The summed E-state index contributed by atoms with van der Waals surface area (Å²) in [6, 6.07) is 7.37. The Balaban J connectivity index is 1.79. The van der Waals surface area contributed by atoms with E-state index in [1.165, 1.54) is 0 Å². The highest BCUT2D eigenvalue weighted by molar-refractivity contribution is 5.89. The van der Waals surface area contributed by atoms with Crippen molar-refractivity contribution in [1.29, 1.82) is 0 Å². The Kier molecular flexibility index (Phi) is 4.65. The SMILES string of the molecule is Cc1ccc(NC(=O)NCC2(O)CCC(C)CC2)cc1. The number of hydrogen-bond donors (Lipinski definition) is 3. The first-order valence-electron chi connectivity index (χ1n) is 7.31. The average molecular weight is 276 g/mol. The van der Waals surface area contributed by atoms with Crippen molar-refractivity contribution in [3.63, 3.8) is 0 Å². The molecule has 0 heterocycles. The maximum Gasteiger partial charge on any atom is 0.319 e. The summed E-state index contributed by atoms with van der Waals surface area (Å²) in [6.07, 6.45) is 3.58. The second kappa shape index (κ2) is 6.27. The van der Waals surface area contributed by atoms with Gasteiger partial charge in [-0.2, -0.15) is 0 Å². The van der Waals surface area contributed by atoms with Crippen molar-refractivity contribution in [1.82, 2.24) is 5.32 Å². The number of hydrogen-bond acceptors (Lipinski definition) is 2. The third-order valence-corrected chi connectivity index (χ3v) is 4.09. The Labute approximate surface area is 120 Å². The van der Waals surface area contributed by atoms with Crippen molar-refractivity contribution in [3.05, 3.63) is 29.8 Å². The first-order valence-corrected chi connectivity index (χ1v) is 7.31. The third-order valence-electron chi connectivity index (χ3n) is 4.09. The van der Waals surface area contributed by atoms with Crippen LogP contribution in [0.2, 0.25) is 0 Å². The Morgan fingerprint density at radius 2 is 1.90 bits per heavy atom. The molecule has 20 heavy (non-hydrogen) atoms. The zero-order chi connectivity index (χ0) is 14.6. The molecule has 0 atom stereocenters. The first-order chi connectivity index (χ1) is 9.47. The van der Waals surface area contributed by atoms with Gasteiger partial charge in [0.05, 0.1) is 5.60 Å². The predicted molar refractivity (Wildman–Crippen MR) is 80.8 cm³/mol. The van der Waals surface area contributed by atoms with Crippen LogP contribution in [-0.4, -0.2) is 23.3 Å². The summed E-state index contributed by atoms with van der Waals surface area (Å²) in [6.45, 7) is 4.53. The fourth-order valence-electron chi connectivity index (χ4n) is 2.53. The van der Waals surface area contributed by atoms with E-state index in [2.05, 4.69) is 17.6 Å². The molecule has 2 rings (SSSR count). The number of urea groups is 1. The number of aryl methyl sites for hydroxylation is 1. The molecule has 4 nitrogen and oxygen atoms in total. The van der Waals surface area contributed by atoms with Gasteiger partial charge >= 0.3 is 6.03 Å². The van der Waals surface area contributed by atoms with E-state index in [4.69, 9.17) is 0 Å². The lowest BCUT2D eigenvalue weighted by atomic mass is 9.79. The molecule has 0 spiro atoms. The summed E-state index contributed by atoms with van der Waals surface area (Å²) in [5, 5.41) is 15.9. The topological polar surface area (TPSA) is 61.4 Å². The number of nitrogens with one attached hydrogen (secondary N) is 2. The highest BCUT2D eigenvalue weighted by atomic mass is 16.3. The van der Waals surface area contributed by atoms with Crippen molar-refractivity contribution < 1.29 is 9.90 Å². The summed E-state index contributed by atoms with van der Waals surface area (Å²) in [5.41, 5.74) is 1.18. The number of anilines is 1. The van der Waals surface area contributed by atoms with Crippen LogP contribution in [0.3, 0.4) is 0 Å². The van der Waals surface area contributed by atoms with Gasteiger partial charge in [-0.25, -0.2) is 4.79 Å². The molecule has 0 radical (unpaired) electrons. The summed E-state index contributed by atoms with van der Waals surface area (Å²) in [7, 11) is 0. The minimum absolute atomic E-state index is 0.263. The fourth-order valence-corrected chi connectivity index (χ4v) is 2.53. The summed E-state index contributed by atoms with van der Waals surface area (Å²) >= 11 is 0. The average Bonchev–Trinajstić information content (AvgIpc) is 2.43. The van der Waals surface area contributed by atoms with Crippen LogP contribution in [0.25, 0.3) is 0 Å². The zero-order valence-electron chi connectivity index (χ0n) is 12.3. The Bertz CT molecular complexity index is 448. The van der Waals surface area contributed by atoms with E-state index in [-0.39, 0.29) is 6.03 Å². The highest BCUT2D eigenvalue weighted by Crippen LogP contribution is 2.31. The van der Waals surface area contributed by atoms with Gasteiger partial charge in [-0.1, -0.05) is 24.6 Å². The lowest BCUT2D eigenvalue weighted by Gasteiger charge is -2.34. The molecule has 0 aromatic heterocycles. The quantitative estimate of drug-likeness (QED) is 0.794. The second-order valence-corrected chi connectivity index (χ2v) is 6.08. The molecule has 0 saturated heterocycles. The van der Waals surface area contributed by atoms with Crippen LogP contribution in [0.5, 0.6) is 0 Å². The van der Waals surface area contributed by atoms with Crippen LogP contribution < -0.4 is 10.6 Å². The first kappa shape index (κ1) is 14.9. The zero-order valence-corrected chi connectivity index (χ0v) is 12.3. The number of carbonyl (C=O) groups is 1. The molecule has 3 N–H and O–H groups in total. The van der Waals surface area contributed by atoms with Gasteiger partial charge in [0.1, 0.15) is 0 Å². The third kappa shape index (κ3) is 4.23. The number of carbonyl (C=O) groups excluding carboxylic acids is 1. The molecule has 1 fully saturated rings. The van der Waals surface area contributed by atoms with Crippen molar-refractivity contribution in [2.24, 2.45) is 5.92 Å². The van der Waals surface area contributed by atoms with Gasteiger partial charge in [-0.05, 0) is 50.7 Å². The Morgan fingerprint density at radius 1 is 1.30 bits per heavy atom. The molecular weight excluding hydrogens is 252 g/mol. The maximum absolute atomic E-state index is 11.8. The lowest BCUT2D eigenvalue weighted by molar-refractivity contribution is -0.00356. The Hall–Kier alpha value is -1.55. The van der Waals surface area contributed by atoms with Gasteiger partial charge in [0.25, 0.3) is 0 Å². The van der Waals surface area contributed by atoms with Crippen LogP contribution in [0, 0.1) is 12.8 Å². The van der Waals surface area contributed by atoms with Crippen LogP contribution in [-0.2, 0) is 0 Å². The molecule has 4 heteroatoms. The molecule has 110 valence electrons.